The molecule has 1 heterocycles. The summed E-state index contributed by atoms with van der Waals surface area (Å²) in [4.78, 5) is 41.9. The van der Waals surface area contributed by atoms with Gasteiger partial charge in [-0.25, -0.2) is 14.2 Å². The van der Waals surface area contributed by atoms with Crippen molar-refractivity contribution < 1.29 is 28.2 Å². The highest BCUT2D eigenvalue weighted by Crippen LogP contribution is 2.24. The Hall–Kier alpha value is -4.18. The van der Waals surface area contributed by atoms with Crippen molar-refractivity contribution >= 4 is 41.0 Å². The predicted octanol–water partition coefficient (Wildman–Crippen LogP) is 5.92. The molecule has 3 amide bonds. The second kappa shape index (κ2) is 13.1. The highest BCUT2D eigenvalue weighted by atomic mass is 35.5. The van der Waals surface area contributed by atoms with Gasteiger partial charge in [-0.2, -0.15) is 0 Å². The molecule has 0 spiro atoms. The van der Waals surface area contributed by atoms with Crippen LogP contribution in [0.25, 0.3) is 0 Å². The van der Waals surface area contributed by atoms with E-state index in [2.05, 4.69) is 20.9 Å². The lowest BCUT2D eigenvalue weighted by molar-refractivity contribution is 0.0516. The van der Waals surface area contributed by atoms with Crippen molar-refractivity contribution in [2.45, 2.75) is 33.3 Å². The number of aromatic nitrogens is 1. The molecule has 3 aromatic rings. The first-order valence-electron chi connectivity index (χ1n) is 12.1. The summed E-state index contributed by atoms with van der Waals surface area (Å²) in [5, 5.41) is 8.42. The number of rotatable bonds is 9. The summed E-state index contributed by atoms with van der Waals surface area (Å²) in [6.07, 6.45) is 0.838. The monoisotopic (exact) mass is 556 g/mol. The molecule has 11 heteroatoms. The fraction of sp³-hybridized carbons (Fsp3) is 0.286. The van der Waals surface area contributed by atoms with E-state index >= 15 is 0 Å². The largest absolute Gasteiger partial charge is 0.492 e. The Balaban J connectivity index is 1.67. The minimum Gasteiger partial charge on any atom is -0.492 e. The number of amides is 3. The standard InChI is InChI=1S/C28H30ClFN4O5/c1-17(14-32-27(37)39-28(2,3)4)16-38-23-13-19(30)10-11-21(23)26(36)33-22-8-6-5-7-20(22)25(35)34-24-12-9-18(29)15-31-24/h5-13,15,17H,14,16H2,1-4H3,(H,32,37)(H,33,36)(H,31,34,35). The number of ether oxygens (including phenoxy) is 2. The van der Waals surface area contributed by atoms with Crippen LogP contribution in [0.3, 0.4) is 0 Å². The summed E-state index contributed by atoms with van der Waals surface area (Å²) in [7, 11) is 0. The minimum absolute atomic E-state index is 0.0175. The molecule has 1 aromatic heterocycles. The van der Waals surface area contributed by atoms with Crippen LogP contribution in [0.2, 0.25) is 5.02 Å². The Kier molecular flexibility index (Phi) is 9.84. The topological polar surface area (TPSA) is 119 Å². The summed E-state index contributed by atoms with van der Waals surface area (Å²) < 4.78 is 25.0. The summed E-state index contributed by atoms with van der Waals surface area (Å²) in [5.41, 5.74) is -0.133. The van der Waals surface area contributed by atoms with Gasteiger partial charge in [-0.15, -0.1) is 0 Å². The summed E-state index contributed by atoms with van der Waals surface area (Å²) in [6, 6.07) is 13.1. The Labute approximate surface area is 231 Å². The lowest BCUT2D eigenvalue weighted by Gasteiger charge is -2.21. The van der Waals surface area contributed by atoms with E-state index in [4.69, 9.17) is 21.1 Å². The molecule has 9 nitrogen and oxygen atoms in total. The predicted molar refractivity (Wildman–Crippen MR) is 147 cm³/mol. The molecule has 3 N–H and O–H groups in total. The van der Waals surface area contributed by atoms with Gasteiger partial charge in [-0.05, 0) is 57.2 Å². The van der Waals surface area contributed by atoms with E-state index in [-0.39, 0.29) is 47.5 Å². The summed E-state index contributed by atoms with van der Waals surface area (Å²) in [6.45, 7) is 7.44. The quantitative estimate of drug-likeness (QED) is 0.301. The molecule has 206 valence electrons. The van der Waals surface area contributed by atoms with E-state index < -0.39 is 29.3 Å². The second-order valence-corrected chi connectivity index (χ2v) is 10.2. The van der Waals surface area contributed by atoms with Crippen LogP contribution in [0.15, 0.2) is 60.8 Å². The molecule has 0 saturated carbocycles. The Bertz CT molecular complexity index is 1330. The number of benzene rings is 2. The van der Waals surface area contributed by atoms with Crippen LogP contribution in [0.1, 0.15) is 48.4 Å². The van der Waals surface area contributed by atoms with Crippen molar-refractivity contribution in [2.24, 2.45) is 5.92 Å². The fourth-order valence-electron chi connectivity index (χ4n) is 3.28. The smallest absolute Gasteiger partial charge is 0.407 e. The first-order chi connectivity index (χ1) is 18.4. The zero-order valence-corrected chi connectivity index (χ0v) is 22.8. The van der Waals surface area contributed by atoms with Crippen LogP contribution in [-0.2, 0) is 4.74 Å². The molecule has 0 aliphatic heterocycles. The number of anilines is 2. The van der Waals surface area contributed by atoms with E-state index in [1.807, 2.05) is 6.92 Å². The van der Waals surface area contributed by atoms with Crippen molar-refractivity contribution in [1.82, 2.24) is 10.3 Å². The van der Waals surface area contributed by atoms with Crippen LogP contribution in [0, 0.1) is 11.7 Å². The first kappa shape index (κ1) is 29.4. The first-order valence-corrected chi connectivity index (χ1v) is 12.5. The summed E-state index contributed by atoms with van der Waals surface area (Å²) >= 11 is 5.84. The van der Waals surface area contributed by atoms with Gasteiger partial charge >= 0.3 is 6.09 Å². The molecule has 0 aliphatic carbocycles. The third-order valence-electron chi connectivity index (χ3n) is 5.09. The van der Waals surface area contributed by atoms with E-state index in [0.29, 0.717) is 5.02 Å². The van der Waals surface area contributed by atoms with E-state index in [9.17, 15) is 18.8 Å². The molecule has 3 rings (SSSR count). The van der Waals surface area contributed by atoms with Crippen molar-refractivity contribution in [3.05, 3.63) is 82.8 Å². The maximum Gasteiger partial charge on any atom is 0.407 e. The minimum atomic E-state index is -0.625. The molecule has 2 aromatic carbocycles. The van der Waals surface area contributed by atoms with E-state index in [0.717, 1.165) is 12.1 Å². The number of hydrogen-bond donors (Lipinski definition) is 3. The number of carbonyl (C=O) groups is 3. The molecular formula is C28H30ClFN4O5. The van der Waals surface area contributed by atoms with E-state index in [1.165, 1.54) is 12.3 Å². The highest BCUT2D eigenvalue weighted by molar-refractivity contribution is 6.30. The van der Waals surface area contributed by atoms with Crippen molar-refractivity contribution in [3.63, 3.8) is 0 Å². The maximum absolute atomic E-state index is 14.0. The van der Waals surface area contributed by atoms with Crippen molar-refractivity contribution in [2.75, 3.05) is 23.8 Å². The van der Waals surface area contributed by atoms with Gasteiger partial charge in [0.2, 0.25) is 0 Å². The van der Waals surface area contributed by atoms with Crippen LogP contribution in [0.4, 0.5) is 20.7 Å². The Morgan fingerprint density at radius 2 is 1.72 bits per heavy atom. The highest BCUT2D eigenvalue weighted by Gasteiger charge is 2.20. The van der Waals surface area contributed by atoms with Gasteiger partial charge in [0.05, 0.1) is 28.4 Å². The third kappa shape index (κ3) is 9.26. The Morgan fingerprint density at radius 1 is 1.00 bits per heavy atom. The normalized spacial score (nSPS) is 11.7. The number of halogens is 2. The number of para-hydroxylation sites is 1. The van der Waals surface area contributed by atoms with Gasteiger partial charge in [0, 0.05) is 24.7 Å². The lowest BCUT2D eigenvalue weighted by Crippen LogP contribution is -2.35. The number of nitrogens with zero attached hydrogens (tertiary/aromatic N) is 1. The molecule has 39 heavy (non-hydrogen) atoms. The maximum atomic E-state index is 14.0. The van der Waals surface area contributed by atoms with Gasteiger partial charge in [0.15, 0.2) is 0 Å². The zero-order chi connectivity index (χ0) is 28.6. The van der Waals surface area contributed by atoms with E-state index in [1.54, 1.807) is 57.2 Å². The molecule has 1 atom stereocenters. The SMILES string of the molecule is CC(CNC(=O)OC(C)(C)C)COc1cc(F)ccc1C(=O)Nc1ccccc1C(=O)Nc1ccc(Cl)cn1. The van der Waals surface area contributed by atoms with Crippen LogP contribution in [0.5, 0.6) is 5.75 Å². The molecule has 0 fully saturated rings. The van der Waals surface area contributed by atoms with Gasteiger partial charge in [-0.1, -0.05) is 30.7 Å². The number of carbonyl (C=O) groups excluding carboxylic acids is 3. The average Bonchev–Trinajstić information content (AvgIpc) is 2.87. The fourth-order valence-corrected chi connectivity index (χ4v) is 3.39. The van der Waals surface area contributed by atoms with Gasteiger partial charge in [0.25, 0.3) is 11.8 Å². The van der Waals surface area contributed by atoms with Crippen molar-refractivity contribution in [1.29, 1.82) is 0 Å². The third-order valence-corrected chi connectivity index (χ3v) is 5.32. The molecule has 0 radical (unpaired) electrons. The zero-order valence-electron chi connectivity index (χ0n) is 22.0. The number of pyridine rings is 1. The second-order valence-electron chi connectivity index (χ2n) is 9.75. The van der Waals surface area contributed by atoms with Crippen LogP contribution in [-0.4, -0.2) is 41.6 Å². The van der Waals surface area contributed by atoms with Gasteiger partial charge in [0.1, 0.15) is 23.0 Å². The average molecular weight is 557 g/mol. The number of hydrogen-bond acceptors (Lipinski definition) is 6. The molecule has 1 unspecified atom stereocenters. The Morgan fingerprint density at radius 3 is 2.41 bits per heavy atom. The summed E-state index contributed by atoms with van der Waals surface area (Å²) in [5.74, 6) is -1.56. The number of nitrogens with one attached hydrogen (secondary N) is 3. The van der Waals surface area contributed by atoms with Gasteiger partial charge in [-0.3, -0.25) is 9.59 Å². The molecular weight excluding hydrogens is 527 g/mol. The lowest BCUT2D eigenvalue weighted by atomic mass is 10.1. The van der Waals surface area contributed by atoms with Crippen LogP contribution >= 0.6 is 11.6 Å². The molecule has 0 saturated heterocycles. The van der Waals surface area contributed by atoms with Gasteiger partial charge < -0.3 is 25.4 Å². The molecule has 0 bridgehead atoms. The number of alkyl carbamates (subject to hydrolysis) is 1. The van der Waals surface area contributed by atoms with Crippen LogP contribution < -0.4 is 20.7 Å². The molecule has 0 aliphatic rings. The van der Waals surface area contributed by atoms with Crippen molar-refractivity contribution in [3.8, 4) is 5.75 Å².